The maximum absolute atomic E-state index is 8.77. The van der Waals surface area contributed by atoms with Gasteiger partial charge in [0, 0.05) is 23.3 Å². The minimum absolute atomic E-state index is 0.0138. The van der Waals surface area contributed by atoms with E-state index in [0.29, 0.717) is 5.95 Å². The van der Waals surface area contributed by atoms with E-state index in [1.54, 1.807) is 24.2 Å². The van der Waals surface area contributed by atoms with Crippen LogP contribution >= 0.6 is 11.8 Å². The molecule has 1 aromatic rings. The van der Waals surface area contributed by atoms with Crippen molar-refractivity contribution >= 4 is 17.7 Å². The van der Waals surface area contributed by atoms with Crippen molar-refractivity contribution in [3.8, 4) is 0 Å². The third-order valence-corrected chi connectivity index (χ3v) is 2.20. The van der Waals surface area contributed by atoms with Crippen LogP contribution in [0.1, 0.15) is 6.92 Å². The van der Waals surface area contributed by atoms with Crippen LogP contribution in [0, 0.1) is 0 Å². The minimum Gasteiger partial charge on any atom is -0.394 e. The molecule has 0 unspecified atom stereocenters. The van der Waals surface area contributed by atoms with Crippen molar-refractivity contribution in [1.29, 1.82) is 0 Å². The first-order valence-corrected chi connectivity index (χ1v) is 5.22. The number of aromatic nitrogens is 2. The van der Waals surface area contributed by atoms with Gasteiger partial charge >= 0.3 is 0 Å². The van der Waals surface area contributed by atoms with Crippen molar-refractivity contribution in [3.05, 3.63) is 12.4 Å². The number of aliphatic hydroxyl groups excluding tert-OH is 1. The summed E-state index contributed by atoms with van der Waals surface area (Å²) in [6.07, 6.45) is 5.48. The summed E-state index contributed by atoms with van der Waals surface area (Å²) in [6.45, 7) is 1.94. The molecule has 13 heavy (non-hydrogen) atoms. The Hall–Kier alpha value is -0.810. The van der Waals surface area contributed by atoms with Crippen LogP contribution in [-0.2, 0) is 0 Å². The topological polar surface area (TPSA) is 58.0 Å². The number of hydrogen-bond donors (Lipinski definition) is 2. The van der Waals surface area contributed by atoms with E-state index in [2.05, 4.69) is 15.3 Å². The highest BCUT2D eigenvalue weighted by Gasteiger charge is 2.01. The highest BCUT2D eigenvalue weighted by molar-refractivity contribution is 7.98. The quantitative estimate of drug-likeness (QED) is 0.708. The molecule has 0 bridgehead atoms. The summed E-state index contributed by atoms with van der Waals surface area (Å²) in [5.74, 6) is 0.555. The molecule has 0 spiro atoms. The molecule has 72 valence electrons. The standard InChI is InChI=1S/C8H13N3OS/c1-6(5-12)11-8-9-3-7(13-2)4-10-8/h3-4,6,12H,5H2,1-2H3,(H,9,10,11)/t6-/m0/s1. The first kappa shape index (κ1) is 10.3. The van der Waals surface area contributed by atoms with Gasteiger partial charge in [-0.15, -0.1) is 11.8 Å². The second kappa shape index (κ2) is 5.04. The molecule has 0 saturated carbocycles. The highest BCUT2D eigenvalue weighted by Crippen LogP contribution is 2.12. The second-order valence-corrected chi connectivity index (χ2v) is 3.55. The maximum Gasteiger partial charge on any atom is 0.222 e. The Balaban J connectivity index is 2.58. The fraction of sp³-hybridized carbons (Fsp3) is 0.500. The van der Waals surface area contributed by atoms with Crippen molar-refractivity contribution in [2.24, 2.45) is 0 Å². The second-order valence-electron chi connectivity index (χ2n) is 2.67. The van der Waals surface area contributed by atoms with E-state index < -0.39 is 0 Å². The molecule has 1 aromatic heterocycles. The monoisotopic (exact) mass is 199 g/mol. The Kier molecular flexibility index (Phi) is 3.98. The van der Waals surface area contributed by atoms with Crippen molar-refractivity contribution < 1.29 is 5.11 Å². The van der Waals surface area contributed by atoms with Gasteiger partial charge in [-0.05, 0) is 13.2 Å². The van der Waals surface area contributed by atoms with Crippen LogP contribution in [0.15, 0.2) is 17.3 Å². The van der Waals surface area contributed by atoms with E-state index in [9.17, 15) is 0 Å². The summed E-state index contributed by atoms with van der Waals surface area (Å²) >= 11 is 1.60. The van der Waals surface area contributed by atoms with Gasteiger partial charge in [-0.1, -0.05) is 0 Å². The summed E-state index contributed by atoms with van der Waals surface area (Å²) in [5, 5.41) is 11.7. The van der Waals surface area contributed by atoms with E-state index in [-0.39, 0.29) is 12.6 Å². The van der Waals surface area contributed by atoms with Crippen LogP contribution < -0.4 is 5.32 Å². The molecule has 0 aliphatic heterocycles. The molecule has 0 saturated heterocycles. The zero-order chi connectivity index (χ0) is 9.68. The van der Waals surface area contributed by atoms with Crippen LogP contribution in [0.25, 0.3) is 0 Å². The fourth-order valence-corrected chi connectivity index (χ4v) is 1.08. The van der Waals surface area contributed by atoms with Gasteiger partial charge in [0.05, 0.1) is 6.61 Å². The van der Waals surface area contributed by atoms with E-state index in [4.69, 9.17) is 5.11 Å². The molecule has 1 heterocycles. The highest BCUT2D eigenvalue weighted by atomic mass is 32.2. The van der Waals surface area contributed by atoms with Gasteiger partial charge in [-0.25, -0.2) is 9.97 Å². The number of anilines is 1. The summed E-state index contributed by atoms with van der Waals surface area (Å²) < 4.78 is 0. The average molecular weight is 199 g/mol. The first-order valence-electron chi connectivity index (χ1n) is 3.99. The SMILES string of the molecule is CSc1cnc(N[C@@H](C)CO)nc1. The Morgan fingerprint density at radius 2 is 2.15 bits per heavy atom. The molecule has 0 radical (unpaired) electrons. The van der Waals surface area contributed by atoms with Crippen molar-refractivity contribution in [2.75, 3.05) is 18.2 Å². The largest absolute Gasteiger partial charge is 0.394 e. The molecule has 0 aliphatic rings. The fourth-order valence-electron chi connectivity index (χ4n) is 0.762. The molecular weight excluding hydrogens is 186 g/mol. The molecule has 0 aliphatic carbocycles. The lowest BCUT2D eigenvalue weighted by Gasteiger charge is -2.09. The van der Waals surface area contributed by atoms with Crippen molar-refractivity contribution in [2.45, 2.75) is 17.9 Å². The third-order valence-electron chi connectivity index (χ3n) is 1.51. The number of rotatable bonds is 4. The molecule has 0 aromatic carbocycles. The smallest absolute Gasteiger partial charge is 0.222 e. The van der Waals surface area contributed by atoms with Gasteiger partial charge in [0.25, 0.3) is 0 Å². The van der Waals surface area contributed by atoms with Crippen molar-refractivity contribution in [3.63, 3.8) is 0 Å². The Labute approximate surface area is 81.8 Å². The van der Waals surface area contributed by atoms with Gasteiger partial charge in [0.15, 0.2) is 0 Å². The summed E-state index contributed by atoms with van der Waals surface area (Å²) in [5.41, 5.74) is 0. The van der Waals surface area contributed by atoms with E-state index in [0.717, 1.165) is 4.90 Å². The summed E-state index contributed by atoms with van der Waals surface area (Å²) in [6, 6.07) is -0.0138. The van der Waals surface area contributed by atoms with Crippen LogP contribution in [-0.4, -0.2) is 34.0 Å². The minimum atomic E-state index is -0.0138. The lowest BCUT2D eigenvalue weighted by Crippen LogP contribution is -2.20. The van der Waals surface area contributed by atoms with E-state index in [1.807, 2.05) is 13.2 Å². The molecular formula is C8H13N3OS. The Bertz CT molecular complexity index is 252. The lowest BCUT2D eigenvalue weighted by atomic mass is 10.4. The van der Waals surface area contributed by atoms with Crippen molar-refractivity contribution in [1.82, 2.24) is 9.97 Å². The molecule has 1 rings (SSSR count). The van der Waals surface area contributed by atoms with Gasteiger partial charge in [0.2, 0.25) is 5.95 Å². The van der Waals surface area contributed by atoms with Gasteiger partial charge in [0.1, 0.15) is 0 Å². The molecule has 2 N–H and O–H groups in total. The van der Waals surface area contributed by atoms with Crippen LogP contribution in [0.4, 0.5) is 5.95 Å². The Morgan fingerprint density at radius 3 is 2.62 bits per heavy atom. The molecule has 5 heteroatoms. The van der Waals surface area contributed by atoms with Gasteiger partial charge in [-0.3, -0.25) is 0 Å². The van der Waals surface area contributed by atoms with E-state index >= 15 is 0 Å². The number of thioether (sulfide) groups is 1. The van der Waals surface area contributed by atoms with Gasteiger partial charge < -0.3 is 10.4 Å². The zero-order valence-corrected chi connectivity index (χ0v) is 8.51. The predicted octanol–water partition coefficient (Wildman–Crippen LogP) is 0.991. The maximum atomic E-state index is 8.77. The number of aliphatic hydroxyl groups is 1. The predicted molar refractivity (Wildman–Crippen MR) is 54.0 cm³/mol. The number of hydrogen-bond acceptors (Lipinski definition) is 5. The molecule has 0 amide bonds. The average Bonchev–Trinajstić information content (AvgIpc) is 2.19. The molecule has 0 fully saturated rings. The molecule has 4 nitrogen and oxygen atoms in total. The number of nitrogens with zero attached hydrogens (tertiary/aromatic N) is 2. The normalized spacial score (nSPS) is 12.5. The summed E-state index contributed by atoms with van der Waals surface area (Å²) in [7, 11) is 0. The van der Waals surface area contributed by atoms with Crippen LogP contribution in [0.5, 0.6) is 0 Å². The van der Waals surface area contributed by atoms with Crippen LogP contribution in [0.2, 0.25) is 0 Å². The van der Waals surface area contributed by atoms with Crippen LogP contribution in [0.3, 0.4) is 0 Å². The first-order chi connectivity index (χ1) is 6.26. The third kappa shape index (κ3) is 3.20. The van der Waals surface area contributed by atoms with E-state index in [1.165, 1.54) is 0 Å². The molecule has 1 atom stereocenters. The zero-order valence-electron chi connectivity index (χ0n) is 7.69. The lowest BCUT2D eigenvalue weighted by molar-refractivity contribution is 0.281. The van der Waals surface area contributed by atoms with Gasteiger partial charge in [-0.2, -0.15) is 0 Å². The Morgan fingerprint density at radius 1 is 1.54 bits per heavy atom. The number of nitrogens with one attached hydrogen (secondary N) is 1. The summed E-state index contributed by atoms with van der Waals surface area (Å²) in [4.78, 5) is 9.20.